The minimum Gasteiger partial charge on any atom is -0.336 e. The third kappa shape index (κ3) is 3.71. The Morgan fingerprint density at radius 2 is 1.45 bits per heavy atom. The minimum atomic E-state index is 0.00951. The van der Waals surface area contributed by atoms with Crippen molar-refractivity contribution in [2.75, 3.05) is 32.7 Å². The molecule has 2 aliphatic rings. The zero-order chi connectivity index (χ0) is 21.2. The fraction of sp³-hybridized carbons (Fsp3) is 0.185. The van der Waals surface area contributed by atoms with E-state index in [1.165, 1.54) is 5.56 Å². The molecule has 3 aromatic rings. The predicted octanol–water partition coefficient (Wildman–Crippen LogP) is 4.37. The fourth-order valence-electron chi connectivity index (χ4n) is 4.46. The molecule has 1 amide bonds. The summed E-state index contributed by atoms with van der Waals surface area (Å²) in [5.74, 6) is 0.0242. The second kappa shape index (κ2) is 8.32. The Balaban J connectivity index is 1.27. The van der Waals surface area contributed by atoms with Gasteiger partial charge in [-0.2, -0.15) is 0 Å². The van der Waals surface area contributed by atoms with Crippen LogP contribution < -0.4 is 0 Å². The average molecular weight is 409 g/mol. The van der Waals surface area contributed by atoms with Crippen LogP contribution in [-0.2, 0) is 0 Å². The number of nitrogens with zero attached hydrogens (tertiary/aromatic N) is 2. The Kier molecular flexibility index (Phi) is 5.23. The molecular formula is C27H24N2O2. The highest BCUT2D eigenvalue weighted by Crippen LogP contribution is 2.39. The molecule has 31 heavy (non-hydrogen) atoms. The first-order valence-electron chi connectivity index (χ1n) is 10.7. The maximum Gasteiger partial charge on any atom is 0.254 e. The van der Waals surface area contributed by atoms with E-state index in [0.717, 1.165) is 30.8 Å². The van der Waals surface area contributed by atoms with E-state index in [1.807, 2.05) is 65.6 Å². The number of carbonyl (C=O) groups excluding carboxylic acids is 2. The largest absolute Gasteiger partial charge is 0.336 e. The van der Waals surface area contributed by atoms with Gasteiger partial charge in [0.15, 0.2) is 5.78 Å². The van der Waals surface area contributed by atoms with Crippen molar-refractivity contribution in [1.82, 2.24) is 9.80 Å². The smallest absolute Gasteiger partial charge is 0.254 e. The molecule has 0 N–H and O–H groups in total. The second-order valence-electron chi connectivity index (χ2n) is 8.01. The van der Waals surface area contributed by atoms with Gasteiger partial charge in [-0.3, -0.25) is 14.5 Å². The SMILES string of the molecule is O=C1c2ccccc2-c2c1cccc2C(=O)N1CCN(CC=Cc2ccccc2)CC1. The molecule has 0 spiro atoms. The summed E-state index contributed by atoms with van der Waals surface area (Å²) in [6.07, 6.45) is 4.32. The molecule has 0 radical (unpaired) electrons. The van der Waals surface area contributed by atoms with Gasteiger partial charge in [-0.15, -0.1) is 0 Å². The monoisotopic (exact) mass is 408 g/mol. The van der Waals surface area contributed by atoms with E-state index in [0.29, 0.717) is 29.8 Å². The van der Waals surface area contributed by atoms with Gasteiger partial charge < -0.3 is 4.90 Å². The van der Waals surface area contributed by atoms with Gasteiger partial charge >= 0.3 is 0 Å². The van der Waals surface area contributed by atoms with E-state index < -0.39 is 0 Å². The maximum atomic E-state index is 13.4. The highest BCUT2D eigenvalue weighted by Gasteiger charge is 2.32. The number of rotatable bonds is 4. The Hall–Kier alpha value is -3.50. The normalized spacial score (nSPS) is 15.9. The summed E-state index contributed by atoms with van der Waals surface area (Å²) in [5.41, 5.74) is 4.82. The Morgan fingerprint density at radius 1 is 0.774 bits per heavy atom. The molecule has 0 atom stereocenters. The van der Waals surface area contributed by atoms with Gasteiger partial charge in [0, 0.05) is 55.0 Å². The molecule has 4 heteroatoms. The summed E-state index contributed by atoms with van der Waals surface area (Å²) in [7, 11) is 0. The van der Waals surface area contributed by atoms with Crippen LogP contribution in [0.4, 0.5) is 0 Å². The molecule has 1 saturated heterocycles. The lowest BCUT2D eigenvalue weighted by Gasteiger charge is -2.34. The second-order valence-corrected chi connectivity index (χ2v) is 8.01. The van der Waals surface area contributed by atoms with E-state index in [1.54, 1.807) is 0 Å². The molecule has 0 unspecified atom stereocenters. The number of hydrogen-bond acceptors (Lipinski definition) is 3. The molecule has 1 heterocycles. The molecule has 0 aromatic heterocycles. The van der Waals surface area contributed by atoms with E-state index in [-0.39, 0.29) is 11.7 Å². The molecule has 1 aliphatic carbocycles. The van der Waals surface area contributed by atoms with E-state index in [9.17, 15) is 9.59 Å². The van der Waals surface area contributed by atoms with Crippen LogP contribution in [0.2, 0.25) is 0 Å². The molecule has 0 saturated carbocycles. The number of carbonyl (C=O) groups is 2. The number of benzene rings is 3. The number of amides is 1. The molecule has 4 nitrogen and oxygen atoms in total. The highest BCUT2D eigenvalue weighted by molar-refractivity contribution is 6.24. The summed E-state index contributed by atoms with van der Waals surface area (Å²) in [6, 6.07) is 23.3. The lowest BCUT2D eigenvalue weighted by atomic mass is 9.98. The fourth-order valence-corrected chi connectivity index (χ4v) is 4.46. The van der Waals surface area contributed by atoms with Crippen LogP contribution in [0.3, 0.4) is 0 Å². The molecule has 1 aliphatic heterocycles. The molecule has 3 aromatic carbocycles. The van der Waals surface area contributed by atoms with Gasteiger partial charge in [0.2, 0.25) is 0 Å². The average Bonchev–Trinajstić information content (AvgIpc) is 3.12. The molecule has 0 bridgehead atoms. The van der Waals surface area contributed by atoms with Crippen molar-refractivity contribution in [3.8, 4) is 11.1 Å². The highest BCUT2D eigenvalue weighted by atomic mass is 16.2. The zero-order valence-electron chi connectivity index (χ0n) is 17.3. The molecular weight excluding hydrogens is 384 g/mol. The summed E-state index contributed by atoms with van der Waals surface area (Å²) >= 11 is 0. The van der Waals surface area contributed by atoms with Crippen molar-refractivity contribution in [3.05, 3.63) is 101 Å². The van der Waals surface area contributed by atoms with Crippen molar-refractivity contribution in [2.24, 2.45) is 0 Å². The van der Waals surface area contributed by atoms with Gasteiger partial charge in [-0.25, -0.2) is 0 Å². The van der Waals surface area contributed by atoms with Gasteiger partial charge in [0.05, 0.1) is 0 Å². The maximum absolute atomic E-state index is 13.4. The van der Waals surface area contributed by atoms with Crippen molar-refractivity contribution >= 4 is 17.8 Å². The van der Waals surface area contributed by atoms with Crippen LogP contribution >= 0.6 is 0 Å². The van der Waals surface area contributed by atoms with Crippen LogP contribution in [0, 0.1) is 0 Å². The van der Waals surface area contributed by atoms with Crippen LogP contribution in [0.1, 0.15) is 31.8 Å². The van der Waals surface area contributed by atoms with Gasteiger partial charge in [-0.1, -0.05) is 78.9 Å². The number of piperazine rings is 1. The van der Waals surface area contributed by atoms with Crippen molar-refractivity contribution in [3.63, 3.8) is 0 Å². The predicted molar refractivity (Wildman–Crippen MR) is 123 cm³/mol. The number of fused-ring (bicyclic) bond motifs is 3. The summed E-state index contributed by atoms with van der Waals surface area (Å²) < 4.78 is 0. The molecule has 154 valence electrons. The van der Waals surface area contributed by atoms with Crippen molar-refractivity contribution in [2.45, 2.75) is 0 Å². The lowest BCUT2D eigenvalue weighted by Crippen LogP contribution is -2.48. The molecule has 1 fully saturated rings. The van der Waals surface area contributed by atoms with E-state index >= 15 is 0 Å². The first-order valence-corrected chi connectivity index (χ1v) is 10.7. The minimum absolute atomic E-state index is 0.00951. The van der Waals surface area contributed by atoms with Crippen molar-refractivity contribution in [1.29, 1.82) is 0 Å². The zero-order valence-corrected chi connectivity index (χ0v) is 17.3. The third-order valence-corrected chi connectivity index (χ3v) is 6.11. The first kappa shape index (κ1) is 19.5. The summed E-state index contributed by atoms with van der Waals surface area (Å²) in [6.45, 7) is 3.94. The van der Waals surface area contributed by atoms with Crippen LogP contribution in [-0.4, -0.2) is 54.2 Å². The van der Waals surface area contributed by atoms with Gasteiger partial charge in [0.1, 0.15) is 0 Å². The van der Waals surface area contributed by atoms with Crippen LogP contribution in [0.25, 0.3) is 17.2 Å². The first-order chi connectivity index (χ1) is 15.2. The van der Waals surface area contributed by atoms with Gasteiger partial charge in [0.25, 0.3) is 5.91 Å². The third-order valence-electron chi connectivity index (χ3n) is 6.11. The number of ketones is 1. The van der Waals surface area contributed by atoms with Crippen LogP contribution in [0.15, 0.2) is 78.9 Å². The lowest BCUT2D eigenvalue weighted by molar-refractivity contribution is 0.0651. The van der Waals surface area contributed by atoms with Crippen LogP contribution in [0.5, 0.6) is 0 Å². The quantitative estimate of drug-likeness (QED) is 0.504. The molecule has 5 rings (SSSR count). The Labute approximate surface area is 182 Å². The number of hydrogen-bond donors (Lipinski definition) is 0. The van der Waals surface area contributed by atoms with Gasteiger partial charge in [-0.05, 0) is 17.2 Å². The Morgan fingerprint density at radius 3 is 2.23 bits per heavy atom. The van der Waals surface area contributed by atoms with E-state index in [2.05, 4.69) is 29.2 Å². The standard InChI is InChI=1S/C27H24N2O2/c30-26-22-12-5-4-11-21(22)25-23(26)13-6-14-24(25)27(31)29-18-16-28(17-19-29)15-7-10-20-8-2-1-3-9-20/h1-14H,15-19H2. The summed E-state index contributed by atoms with van der Waals surface area (Å²) in [5, 5.41) is 0. The Bertz CT molecular complexity index is 1160. The van der Waals surface area contributed by atoms with Crippen molar-refractivity contribution < 1.29 is 9.59 Å². The van der Waals surface area contributed by atoms with E-state index in [4.69, 9.17) is 0 Å². The summed E-state index contributed by atoms with van der Waals surface area (Å²) in [4.78, 5) is 30.4. The topological polar surface area (TPSA) is 40.6 Å².